The quantitative estimate of drug-likeness (QED) is 0.810. The summed E-state index contributed by atoms with van der Waals surface area (Å²) >= 11 is 0. The first-order valence-corrected chi connectivity index (χ1v) is 9.18. The zero-order valence-corrected chi connectivity index (χ0v) is 14.5. The molecule has 3 rings (SSSR count). The van der Waals surface area contributed by atoms with Gasteiger partial charge in [0.25, 0.3) is 0 Å². The molecule has 1 N–H and O–H groups in total. The van der Waals surface area contributed by atoms with E-state index >= 15 is 0 Å². The van der Waals surface area contributed by atoms with E-state index in [1.165, 1.54) is 36.8 Å². The van der Waals surface area contributed by atoms with Crippen LogP contribution in [0.25, 0.3) is 0 Å². The smallest absolute Gasteiger partial charge is 0.228 e. The molecular formula is C22H27NO. The van der Waals surface area contributed by atoms with Crippen molar-refractivity contribution in [1.82, 2.24) is 5.32 Å². The van der Waals surface area contributed by atoms with Crippen LogP contribution < -0.4 is 5.32 Å². The van der Waals surface area contributed by atoms with E-state index in [-0.39, 0.29) is 11.8 Å². The minimum absolute atomic E-state index is 0.0119. The molecule has 1 saturated carbocycles. The Labute approximate surface area is 145 Å². The Morgan fingerprint density at radius 2 is 1.67 bits per heavy atom. The highest BCUT2D eigenvalue weighted by Crippen LogP contribution is 2.37. The molecule has 1 atom stereocenters. The highest BCUT2D eigenvalue weighted by molar-refractivity contribution is 5.84. The Bertz CT molecular complexity index is 641. The number of amides is 1. The molecule has 0 spiro atoms. The standard InChI is InChI=1S/C22H27NO/c1-2-17-12-14-20(15-13-17)21(19-10-6-7-11-19)22(24)23-16-18-8-4-3-5-9-18/h3-5,8-9,12-15,19,21H,2,6-7,10-11,16H2,1H3,(H,23,24). The number of nitrogens with one attached hydrogen (secondary N) is 1. The number of carbonyl (C=O) groups excluding carboxylic acids is 1. The van der Waals surface area contributed by atoms with Gasteiger partial charge in [0, 0.05) is 6.54 Å². The zero-order valence-electron chi connectivity index (χ0n) is 14.5. The first kappa shape index (κ1) is 16.8. The second kappa shape index (κ2) is 8.14. The number of aryl methyl sites for hydroxylation is 1. The van der Waals surface area contributed by atoms with E-state index in [9.17, 15) is 4.79 Å². The van der Waals surface area contributed by atoms with Crippen molar-refractivity contribution in [2.24, 2.45) is 5.92 Å². The van der Waals surface area contributed by atoms with E-state index in [0.29, 0.717) is 12.5 Å². The third-order valence-electron chi connectivity index (χ3n) is 5.21. The molecule has 2 aromatic carbocycles. The van der Waals surface area contributed by atoms with Gasteiger partial charge in [0.15, 0.2) is 0 Å². The minimum atomic E-state index is -0.0119. The molecule has 24 heavy (non-hydrogen) atoms. The number of carbonyl (C=O) groups is 1. The molecule has 0 heterocycles. The molecule has 1 aliphatic rings. The van der Waals surface area contributed by atoms with Crippen LogP contribution in [0.1, 0.15) is 55.2 Å². The van der Waals surface area contributed by atoms with Crippen molar-refractivity contribution in [3.63, 3.8) is 0 Å². The highest BCUT2D eigenvalue weighted by Gasteiger charge is 2.31. The fourth-order valence-electron chi connectivity index (χ4n) is 3.78. The van der Waals surface area contributed by atoms with Crippen LogP contribution in [0.2, 0.25) is 0 Å². The van der Waals surface area contributed by atoms with Gasteiger partial charge in [0.1, 0.15) is 0 Å². The molecule has 1 fully saturated rings. The third kappa shape index (κ3) is 4.05. The minimum Gasteiger partial charge on any atom is -0.351 e. The maximum absolute atomic E-state index is 12.9. The predicted molar refractivity (Wildman–Crippen MR) is 98.8 cm³/mol. The van der Waals surface area contributed by atoms with Gasteiger partial charge in [-0.2, -0.15) is 0 Å². The topological polar surface area (TPSA) is 29.1 Å². The zero-order chi connectivity index (χ0) is 16.8. The first-order valence-electron chi connectivity index (χ1n) is 9.18. The Morgan fingerprint density at radius 1 is 1.00 bits per heavy atom. The summed E-state index contributed by atoms with van der Waals surface area (Å²) in [7, 11) is 0. The molecule has 0 aromatic heterocycles. The molecule has 0 aliphatic heterocycles. The SMILES string of the molecule is CCc1ccc(C(C(=O)NCc2ccccc2)C2CCCC2)cc1. The van der Waals surface area contributed by atoms with Crippen molar-refractivity contribution in [1.29, 1.82) is 0 Å². The largest absolute Gasteiger partial charge is 0.351 e. The van der Waals surface area contributed by atoms with Gasteiger partial charge in [-0.3, -0.25) is 4.79 Å². The van der Waals surface area contributed by atoms with Crippen LogP contribution in [0.5, 0.6) is 0 Å². The van der Waals surface area contributed by atoms with Crippen LogP contribution in [-0.2, 0) is 17.8 Å². The summed E-state index contributed by atoms with van der Waals surface area (Å²) in [4.78, 5) is 12.9. The van der Waals surface area contributed by atoms with Crippen molar-refractivity contribution in [3.8, 4) is 0 Å². The van der Waals surface area contributed by atoms with Gasteiger partial charge in [-0.25, -0.2) is 0 Å². The van der Waals surface area contributed by atoms with Gasteiger partial charge in [-0.1, -0.05) is 74.4 Å². The van der Waals surface area contributed by atoms with E-state index in [1.54, 1.807) is 0 Å². The Hall–Kier alpha value is -2.09. The van der Waals surface area contributed by atoms with Crippen molar-refractivity contribution < 1.29 is 4.79 Å². The summed E-state index contributed by atoms with van der Waals surface area (Å²) in [6.45, 7) is 2.77. The molecule has 1 aliphatic carbocycles. The Kier molecular flexibility index (Phi) is 5.68. The number of hydrogen-bond acceptors (Lipinski definition) is 1. The van der Waals surface area contributed by atoms with Crippen LogP contribution in [0.4, 0.5) is 0 Å². The maximum Gasteiger partial charge on any atom is 0.228 e. The van der Waals surface area contributed by atoms with E-state index in [0.717, 1.165) is 12.0 Å². The summed E-state index contributed by atoms with van der Waals surface area (Å²) in [5.74, 6) is 0.644. The van der Waals surface area contributed by atoms with Crippen molar-refractivity contribution in [2.75, 3.05) is 0 Å². The van der Waals surface area contributed by atoms with Gasteiger partial charge in [0.2, 0.25) is 5.91 Å². The Balaban J connectivity index is 1.74. The fourth-order valence-corrected chi connectivity index (χ4v) is 3.78. The van der Waals surface area contributed by atoms with Crippen molar-refractivity contribution >= 4 is 5.91 Å². The van der Waals surface area contributed by atoms with Gasteiger partial charge < -0.3 is 5.32 Å². The van der Waals surface area contributed by atoms with Crippen LogP contribution >= 0.6 is 0 Å². The molecule has 2 nitrogen and oxygen atoms in total. The molecule has 2 aromatic rings. The highest BCUT2D eigenvalue weighted by atomic mass is 16.1. The van der Waals surface area contributed by atoms with Gasteiger partial charge >= 0.3 is 0 Å². The van der Waals surface area contributed by atoms with Crippen LogP contribution in [0.15, 0.2) is 54.6 Å². The van der Waals surface area contributed by atoms with Gasteiger partial charge in [-0.15, -0.1) is 0 Å². The maximum atomic E-state index is 12.9. The van der Waals surface area contributed by atoms with E-state index in [2.05, 4.69) is 48.6 Å². The summed E-state index contributed by atoms with van der Waals surface area (Å²) in [5, 5.41) is 3.16. The Morgan fingerprint density at radius 3 is 2.29 bits per heavy atom. The molecule has 1 unspecified atom stereocenters. The number of benzene rings is 2. The monoisotopic (exact) mass is 321 g/mol. The lowest BCUT2D eigenvalue weighted by Crippen LogP contribution is -2.32. The van der Waals surface area contributed by atoms with E-state index < -0.39 is 0 Å². The lowest BCUT2D eigenvalue weighted by atomic mass is 9.83. The normalized spacial score (nSPS) is 16.0. The molecule has 0 saturated heterocycles. The average molecular weight is 321 g/mol. The van der Waals surface area contributed by atoms with Crippen molar-refractivity contribution in [2.45, 2.75) is 51.5 Å². The average Bonchev–Trinajstić information content (AvgIpc) is 3.16. The molecule has 126 valence electrons. The summed E-state index contributed by atoms with van der Waals surface area (Å²) in [6, 6.07) is 18.8. The van der Waals surface area contributed by atoms with Gasteiger partial charge in [0.05, 0.1) is 5.92 Å². The summed E-state index contributed by atoms with van der Waals surface area (Å²) < 4.78 is 0. The van der Waals surface area contributed by atoms with Crippen LogP contribution in [-0.4, -0.2) is 5.91 Å². The fraction of sp³-hybridized carbons (Fsp3) is 0.409. The van der Waals surface area contributed by atoms with Crippen molar-refractivity contribution in [3.05, 3.63) is 71.3 Å². The lowest BCUT2D eigenvalue weighted by molar-refractivity contribution is -0.123. The van der Waals surface area contributed by atoms with E-state index in [4.69, 9.17) is 0 Å². The molecule has 1 amide bonds. The van der Waals surface area contributed by atoms with E-state index in [1.807, 2.05) is 18.2 Å². The number of hydrogen-bond donors (Lipinski definition) is 1. The van der Waals surface area contributed by atoms with Crippen LogP contribution in [0, 0.1) is 5.92 Å². The second-order valence-corrected chi connectivity index (χ2v) is 6.82. The first-order chi connectivity index (χ1) is 11.8. The summed E-state index contributed by atoms with van der Waals surface area (Å²) in [6.07, 6.45) is 5.87. The van der Waals surface area contributed by atoms with Crippen LogP contribution in [0.3, 0.4) is 0 Å². The molecular weight excluding hydrogens is 294 g/mol. The molecule has 0 radical (unpaired) electrons. The lowest BCUT2D eigenvalue weighted by Gasteiger charge is -2.23. The second-order valence-electron chi connectivity index (χ2n) is 6.82. The summed E-state index contributed by atoms with van der Waals surface area (Å²) in [5.41, 5.74) is 3.65. The third-order valence-corrected chi connectivity index (χ3v) is 5.21. The number of rotatable bonds is 6. The van der Waals surface area contributed by atoms with Gasteiger partial charge in [-0.05, 0) is 41.9 Å². The molecule has 0 bridgehead atoms. The predicted octanol–water partition coefficient (Wildman–Crippen LogP) is 4.84. The molecule has 2 heteroatoms.